The molecule has 2 aliphatic heterocycles. The SMILES string of the molecule is CC1(C)C[C@H](NC(=O)c2coc(COc3ccc4c(c3)OCO4)n2)CCO1. The van der Waals surface area contributed by atoms with Crippen molar-refractivity contribution in [2.24, 2.45) is 0 Å². The summed E-state index contributed by atoms with van der Waals surface area (Å²) < 4.78 is 27.2. The van der Waals surface area contributed by atoms with Crippen LogP contribution in [-0.2, 0) is 11.3 Å². The highest BCUT2D eigenvalue weighted by Gasteiger charge is 2.30. The highest BCUT2D eigenvalue weighted by Crippen LogP contribution is 2.35. The topological polar surface area (TPSA) is 92.1 Å². The summed E-state index contributed by atoms with van der Waals surface area (Å²) in [6.07, 6.45) is 2.89. The van der Waals surface area contributed by atoms with Crippen molar-refractivity contribution in [3.8, 4) is 17.2 Å². The molecule has 4 rings (SSSR count). The zero-order valence-electron chi connectivity index (χ0n) is 15.3. The molecule has 2 aliphatic rings. The van der Waals surface area contributed by atoms with Crippen molar-refractivity contribution in [3.05, 3.63) is 36.0 Å². The minimum atomic E-state index is -0.254. The van der Waals surface area contributed by atoms with Crippen LogP contribution in [0.3, 0.4) is 0 Å². The number of hydrogen-bond donors (Lipinski definition) is 1. The second-order valence-electron chi connectivity index (χ2n) is 7.20. The quantitative estimate of drug-likeness (QED) is 0.860. The third-order valence-corrected chi connectivity index (χ3v) is 4.52. The molecule has 1 saturated heterocycles. The molecule has 1 amide bonds. The number of fused-ring (bicyclic) bond motifs is 1. The van der Waals surface area contributed by atoms with E-state index in [0.29, 0.717) is 29.7 Å². The van der Waals surface area contributed by atoms with Crippen LogP contribution in [0.5, 0.6) is 17.2 Å². The van der Waals surface area contributed by atoms with Crippen molar-refractivity contribution in [3.63, 3.8) is 0 Å². The van der Waals surface area contributed by atoms with Gasteiger partial charge in [-0.05, 0) is 38.8 Å². The number of benzene rings is 1. The predicted molar refractivity (Wildman–Crippen MR) is 93.9 cm³/mol. The molecule has 1 N–H and O–H groups in total. The average molecular weight is 374 g/mol. The lowest BCUT2D eigenvalue weighted by Gasteiger charge is -2.35. The largest absolute Gasteiger partial charge is 0.484 e. The zero-order valence-corrected chi connectivity index (χ0v) is 15.3. The molecule has 0 saturated carbocycles. The number of aromatic nitrogens is 1. The molecule has 0 spiro atoms. The van der Waals surface area contributed by atoms with Gasteiger partial charge in [0.1, 0.15) is 12.0 Å². The normalized spacial score (nSPS) is 20.3. The first-order valence-corrected chi connectivity index (χ1v) is 8.90. The first-order chi connectivity index (χ1) is 13.0. The summed E-state index contributed by atoms with van der Waals surface area (Å²) in [5.74, 6) is 2.00. The first kappa shape index (κ1) is 17.7. The number of rotatable bonds is 5. The van der Waals surface area contributed by atoms with Crippen LogP contribution in [-0.4, -0.2) is 35.9 Å². The fourth-order valence-corrected chi connectivity index (χ4v) is 3.21. The molecule has 27 heavy (non-hydrogen) atoms. The maximum absolute atomic E-state index is 12.4. The smallest absolute Gasteiger partial charge is 0.273 e. The third kappa shape index (κ3) is 4.16. The molecular weight excluding hydrogens is 352 g/mol. The number of carbonyl (C=O) groups excluding carboxylic acids is 1. The lowest BCUT2D eigenvalue weighted by Crippen LogP contribution is -2.45. The van der Waals surface area contributed by atoms with Gasteiger partial charge in [-0.2, -0.15) is 0 Å². The van der Waals surface area contributed by atoms with Gasteiger partial charge < -0.3 is 28.7 Å². The minimum Gasteiger partial charge on any atom is -0.484 e. The summed E-state index contributed by atoms with van der Waals surface area (Å²) in [6, 6.07) is 5.36. The average Bonchev–Trinajstić information content (AvgIpc) is 3.28. The van der Waals surface area contributed by atoms with E-state index in [2.05, 4.69) is 10.3 Å². The number of nitrogens with zero attached hydrogens (tertiary/aromatic N) is 1. The van der Waals surface area contributed by atoms with Crippen molar-refractivity contribution in [2.75, 3.05) is 13.4 Å². The van der Waals surface area contributed by atoms with Crippen LogP contribution >= 0.6 is 0 Å². The fraction of sp³-hybridized carbons (Fsp3) is 0.474. The highest BCUT2D eigenvalue weighted by atomic mass is 16.7. The molecule has 0 bridgehead atoms. The van der Waals surface area contributed by atoms with Gasteiger partial charge in [0, 0.05) is 18.7 Å². The van der Waals surface area contributed by atoms with Gasteiger partial charge in [-0.15, -0.1) is 0 Å². The van der Waals surface area contributed by atoms with E-state index in [1.54, 1.807) is 18.2 Å². The van der Waals surface area contributed by atoms with Crippen LogP contribution in [0.1, 0.15) is 43.1 Å². The second kappa shape index (κ2) is 7.11. The molecular formula is C19H22N2O6. The molecule has 2 aromatic rings. The van der Waals surface area contributed by atoms with Gasteiger partial charge in [0.15, 0.2) is 23.8 Å². The summed E-state index contributed by atoms with van der Waals surface area (Å²) in [4.78, 5) is 16.6. The summed E-state index contributed by atoms with van der Waals surface area (Å²) in [5, 5.41) is 2.99. The molecule has 0 radical (unpaired) electrons. The molecule has 1 aromatic heterocycles. The van der Waals surface area contributed by atoms with Crippen LogP contribution < -0.4 is 19.5 Å². The van der Waals surface area contributed by atoms with E-state index in [4.69, 9.17) is 23.4 Å². The van der Waals surface area contributed by atoms with Gasteiger partial charge in [0.2, 0.25) is 12.7 Å². The first-order valence-electron chi connectivity index (χ1n) is 8.90. The molecule has 1 aromatic carbocycles. The molecule has 0 aliphatic carbocycles. The van der Waals surface area contributed by atoms with Gasteiger partial charge in [0.25, 0.3) is 5.91 Å². The van der Waals surface area contributed by atoms with Crippen molar-refractivity contribution < 1.29 is 28.2 Å². The van der Waals surface area contributed by atoms with Crippen LogP contribution in [0.4, 0.5) is 0 Å². The standard InChI is InChI=1S/C19H22N2O6/c1-19(2)8-12(5-6-27-19)20-18(22)14-9-24-17(21-14)10-23-13-3-4-15-16(7-13)26-11-25-15/h3-4,7,9,12H,5-6,8,10-11H2,1-2H3,(H,20,22)/t12-/m1/s1. The molecule has 1 fully saturated rings. The Morgan fingerprint density at radius 1 is 1.33 bits per heavy atom. The maximum Gasteiger partial charge on any atom is 0.273 e. The van der Waals surface area contributed by atoms with Gasteiger partial charge in [-0.25, -0.2) is 4.98 Å². The molecule has 144 valence electrons. The maximum atomic E-state index is 12.4. The van der Waals surface area contributed by atoms with Gasteiger partial charge >= 0.3 is 0 Å². The van der Waals surface area contributed by atoms with Crippen molar-refractivity contribution in [1.29, 1.82) is 0 Å². The summed E-state index contributed by atoms with van der Waals surface area (Å²) in [5.41, 5.74) is 0.00693. The molecule has 1 atom stereocenters. The number of oxazole rings is 1. The summed E-state index contributed by atoms with van der Waals surface area (Å²) >= 11 is 0. The molecule has 8 nitrogen and oxygen atoms in total. The number of nitrogens with one attached hydrogen (secondary N) is 1. The number of ether oxygens (including phenoxy) is 4. The van der Waals surface area contributed by atoms with E-state index < -0.39 is 0 Å². The van der Waals surface area contributed by atoms with E-state index >= 15 is 0 Å². The van der Waals surface area contributed by atoms with E-state index in [0.717, 1.165) is 12.8 Å². The van der Waals surface area contributed by atoms with Crippen molar-refractivity contribution in [1.82, 2.24) is 10.3 Å². The molecule has 3 heterocycles. The Balaban J connectivity index is 1.32. The zero-order chi connectivity index (χ0) is 18.9. The number of amides is 1. The van der Waals surface area contributed by atoms with Gasteiger partial charge in [-0.1, -0.05) is 0 Å². The monoisotopic (exact) mass is 374 g/mol. The Bertz CT molecular complexity index is 831. The second-order valence-corrected chi connectivity index (χ2v) is 7.20. The van der Waals surface area contributed by atoms with E-state index in [9.17, 15) is 4.79 Å². The Labute approximate surface area is 156 Å². The lowest BCUT2D eigenvalue weighted by molar-refractivity contribution is -0.0615. The minimum absolute atomic E-state index is 0.0614. The van der Waals surface area contributed by atoms with Crippen LogP contribution in [0.2, 0.25) is 0 Å². The molecule has 0 unspecified atom stereocenters. The Morgan fingerprint density at radius 3 is 3.04 bits per heavy atom. The number of carbonyl (C=O) groups is 1. The van der Waals surface area contributed by atoms with Crippen molar-refractivity contribution >= 4 is 5.91 Å². The number of hydrogen-bond acceptors (Lipinski definition) is 7. The van der Waals surface area contributed by atoms with E-state index in [-0.39, 0.29) is 36.6 Å². The van der Waals surface area contributed by atoms with Crippen LogP contribution in [0.25, 0.3) is 0 Å². The summed E-state index contributed by atoms with van der Waals surface area (Å²) in [6.45, 7) is 4.99. The van der Waals surface area contributed by atoms with E-state index in [1.807, 2.05) is 13.8 Å². The van der Waals surface area contributed by atoms with Crippen molar-refractivity contribution in [2.45, 2.75) is 44.9 Å². The lowest BCUT2D eigenvalue weighted by atomic mass is 9.94. The van der Waals surface area contributed by atoms with Crippen LogP contribution in [0, 0.1) is 0 Å². The fourth-order valence-electron chi connectivity index (χ4n) is 3.21. The third-order valence-electron chi connectivity index (χ3n) is 4.52. The highest BCUT2D eigenvalue weighted by molar-refractivity contribution is 5.92. The summed E-state index contributed by atoms with van der Waals surface area (Å²) in [7, 11) is 0. The Kier molecular flexibility index (Phi) is 4.65. The van der Waals surface area contributed by atoms with Gasteiger partial charge in [0.05, 0.1) is 5.60 Å². The Hall–Kier alpha value is -2.74. The van der Waals surface area contributed by atoms with E-state index in [1.165, 1.54) is 6.26 Å². The predicted octanol–water partition coefficient (Wildman–Crippen LogP) is 2.67. The van der Waals surface area contributed by atoms with Gasteiger partial charge in [-0.3, -0.25) is 4.79 Å². The molecule has 8 heteroatoms. The Morgan fingerprint density at radius 2 is 2.19 bits per heavy atom. The van der Waals surface area contributed by atoms with Crippen LogP contribution in [0.15, 0.2) is 28.9 Å².